The number of nitrogens with zero attached hydrogens (tertiary/aromatic N) is 3. The molecular formula is C31H31N3. The summed E-state index contributed by atoms with van der Waals surface area (Å²) in [5.41, 5.74) is 6.98. The lowest BCUT2D eigenvalue weighted by molar-refractivity contribution is 0.586. The van der Waals surface area contributed by atoms with Gasteiger partial charge in [-0.25, -0.2) is 5.01 Å². The molecule has 0 bridgehead atoms. The second kappa shape index (κ2) is 8.83. The highest BCUT2D eigenvalue weighted by Crippen LogP contribution is 2.47. The minimum atomic E-state index is -0.0402. The van der Waals surface area contributed by atoms with Crippen molar-refractivity contribution < 1.29 is 0 Å². The Labute approximate surface area is 203 Å². The van der Waals surface area contributed by atoms with Crippen molar-refractivity contribution in [3.63, 3.8) is 0 Å². The summed E-state index contributed by atoms with van der Waals surface area (Å²) in [6, 6.07) is 38.4. The fourth-order valence-electron chi connectivity index (χ4n) is 4.67. The summed E-state index contributed by atoms with van der Waals surface area (Å²) in [5, 5.41) is 7.39. The van der Waals surface area contributed by atoms with Crippen LogP contribution in [0.5, 0.6) is 0 Å². The summed E-state index contributed by atoms with van der Waals surface area (Å²) in [6.07, 6.45) is 0. The predicted molar refractivity (Wildman–Crippen MR) is 144 cm³/mol. The number of anilines is 3. The first-order valence-corrected chi connectivity index (χ1v) is 11.9. The van der Waals surface area contributed by atoms with Crippen molar-refractivity contribution in [1.82, 2.24) is 0 Å². The molecule has 0 amide bonds. The van der Waals surface area contributed by atoms with Gasteiger partial charge in [0, 0.05) is 5.56 Å². The molecule has 3 nitrogen and oxygen atoms in total. The van der Waals surface area contributed by atoms with Gasteiger partial charge in [-0.2, -0.15) is 0 Å². The van der Waals surface area contributed by atoms with Crippen LogP contribution in [0.3, 0.4) is 0 Å². The number of hydrogen-bond acceptors (Lipinski definition) is 3. The Kier molecular flexibility index (Phi) is 5.70. The third kappa shape index (κ3) is 3.99. The molecule has 0 saturated heterocycles. The molecule has 0 spiro atoms. The molecule has 1 aliphatic heterocycles. The van der Waals surface area contributed by atoms with Crippen molar-refractivity contribution in [1.29, 1.82) is 0 Å². The van der Waals surface area contributed by atoms with E-state index in [1.165, 1.54) is 16.8 Å². The third-order valence-electron chi connectivity index (χ3n) is 6.42. The van der Waals surface area contributed by atoms with Gasteiger partial charge in [-0.1, -0.05) is 112 Å². The minimum Gasteiger partial charge on any atom is -0.315 e. The Balaban J connectivity index is 1.82. The van der Waals surface area contributed by atoms with Crippen LogP contribution in [0.4, 0.5) is 17.1 Å². The molecule has 0 fully saturated rings. The molecule has 0 aliphatic carbocycles. The maximum Gasteiger partial charge on any atom is 0.161 e. The summed E-state index contributed by atoms with van der Waals surface area (Å²) < 4.78 is 0. The van der Waals surface area contributed by atoms with Crippen molar-refractivity contribution >= 4 is 22.9 Å². The average molecular weight is 446 g/mol. The predicted octanol–water partition coefficient (Wildman–Crippen LogP) is 8.07. The molecule has 34 heavy (non-hydrogen) atoms. The van der Waals surface area contributed by atoms with Gasteiger partial charge in [0.05, 0.1) is 23.1 Å². The normalized spacial score (nSPS) is 14.4. The summed E-state index contributed by atoms with van der Waals surface area (Å²) in [4.78, 5) is 2.43. The monoisotopic (exact) mass is 445 g/mol. The second-order valence-corrected chi connectivity index (χ2v) is 9.82. The van der Waals surface area contributed by atoms with E-state index in [0.29, 0.717) is 0 Å². The van der Waals surface area contributed by atoms with Crippen molar-refractivity contribution in [2.45, 2.75) is 39.2 Å². The first-order valence-electron chi connectivity index (χ1n) is 11.9. The highest BCUT2D eigenvalue weighted by atomic mass is 15.5. The van der Waals surface area contributed by atoms with E-state index in [4.69, 9.17) is 5.10 Å². The summed E-state index contributed by atoms with van der Waals surface area (Å²) in [7, 11) is 0. The van der Waals surface area contributed by atoms with E-state index in [1.807, 2.05) is 6.07 Å². The maximum atomic E-state index is 5.29. The van der Waals surface area contributed by atoms with E-state index in [2.05, 4.69) is 141 Å². The van der Waals surface area contributed by atoms with Crippen molar-refractivity contribution in [3.05, 3.63) is 126 Å². The van der Waals surface area contributed by atoms with Gasteiger partial charge in [0.15, 0.2) is 5.84 Å². The maximum absolute atomic E-state index is 5.29. The lowest BCUT2D eigenvalue weighted by Gasteiger charge is -2.43. The van der Waals surface area contributed by atoms with Crippen LogP contribution in [-0.4, -0.2) is 5.84 Å². The summed E-state index contributed by atoms with van der Waals surface area (Å²) in [6.45, 7) is 9.13. The average Bonchev–Trinajstić information content (AvgIpc) is 2.88. The topological polar surface area (TPSA) is 18.8 Å². The lowest BCUT2D eigenvalue weighted by Crippen LogP contribution is -2.41. The Morgan fingerprint density at radius 1 is 0.676 bits per heavy atom. The number of benzene rings is 4. The number of hydrogen-bond donors (Lipinski definition) is 0. The highest BCUT2D eigenvalue weighted by molar-refractivity contribution is 6.15. The van der Waals surface area contributed by atoms with Crippen molar-refractivity contribution in [2.24, 2.45) is 5.10 Å². The zero-order chi connectivity index (χ0) is 23.7. The smallest absolute Gasteiger partial charge is 0.161 e. The molecule has 170 valence electrons. The Morgan fingerprint density at radius 3 is 1.88 bits per heavy atom. The molecule has 4 aromatic carbocycles. The molecule has 0 N–H and O–H groups in total. The van der Waals surface area contributed by atoms with Crippen LogP contribution in [0, 0.1) is 0 Å². The number of rotatable bonds is 4. The van der Waals surface area contributed by atoms with Crippen LogP contribution in [-0.2, 0) is 5.41 Å². The van der Waals surface area contributed by atoms with Crippen LogP contribution in [0.15, 0.2) is 114 Å². The highest BCUT2D eigenvalue weighted by Gasteiger charge is 2.36. The fraction of sp³-hybridized carbons (Fsp3) is 0.194. The van der Waals surface area contributed by atoms with Crippen LogP contribution in [0.1, 0.15) is 50.4 Å². The van der Waals surface area contributed by atoms with E-state index in [-0.39, 0.29) is 11.5 Å². The molecule has 4 aromatic rings. The SMILES string of the molecule is CC(c1ccccc1)N1C(c2ccccc2)=NN(c2ccccc2)c2cccc(C(C)(C)C)c21. The Morgan fingerprint density at radius 2 is 1.26 bits per heavy atom. The van der Waals surface area contributed by atoms with E-state index >= 15 is 0 Å². The van der Waals surface area contributed by atoms with E-state index in [0.717, 1.165) is 22.8 Å². The van der Waals surface area contributed by atoms with Gasteiger partial charge in [0.2, 0.25) is 0 Å². The molecule has 1 heterocycles. The Bertz CT molecular complexity index is 1290. The minimum absolute atomic E-state index is 0.0402. The van der Waals surface area contributed by atoms with Crippen LogP contribution in [0.2, 0.25) is 0 Å². The number of amidine groups is 1. The van der Waals surface area contributed by atoms with Gasteiger partial charge in [-0.15, -0.1) is 5.10 Å². The zero-order valence-electron chi connectivity index (χ0n) is 20.3. The second-order valence-electron chi connectivity index (χ2n) is 9.82. The first-order chi connectivity index (χ1) is 16.4. The molecule has 3 heteroatoms. The molecule has 1 atom stereocenters. The molecule has 0 radical (unpaired) electrons. The van der Waals surface area contributed by atoms with Gasteiger partial charge in [-0.3, -0.25) is 0 Å². The van der Waals surface area contributed by atoms with Gasteiger partial charge < -0.3 is 4.90 Å². The number of fused-ring (bicyclic) bond motifs is 1. The standard InChI is InChI=1S/C31H31N3/c1-23(24-15-8-5-9-16-24)33-29-27(31(2,3)4)21-14-22-28(29)34(26-19-12-7-13-20-26)32-30(33)25-17-10-6-11-18-25/h5-23H,1-4H3. The first kappa shape index (κ1) is 22.0. The molecule has 0 saturated carbocycles. The van der Waals surface area contributed by atoms with Gasteiger partial charge >= 0.3 is 0 Å². The van der Waals surface area contributed by atoms with Crippen LogP contribution < -0.4 is 9.91 Å². The number of para-hydroxylation sites is 2. The van der Waals surface area contributed by atoms with Gasteiger partial charge in [0.1, 0.15) is 0 Å². The van der Waals surface area contributed by atoms with Crippen LogP contribution in [0.25, 0.3) is 0 Å². The molecule has 0 aromatic heterocycles. The molecule has 1 aliphatic rings. The van der Waals surface area contributed by atoms with E-state index in [1.54, 1.807) is 0 Å². The molecular weight excluding hydrogens is 414 g/mol. The van der Waals surface area contributed by atoms with Crippen molar-refractivity contribution in [3.8, 4) is 0 Å². The Hall–Kier alpha value is -3.85. The third-order valence-corrected chi connectivity index (χ3v) is 6.42. The van der Waals surface area contributed by atoms with Crippen LogP contribution >= 0.6 is 0 Å². The zero-order valence-corrected chi connectivity index (χ0v) is 20.3. The number of hydrazone groups is 1. The largest absolute Gasteiger partial charge is 0.315 e. The van der Waals surface area contributed by atoms with Gasteiger partial charge in [0.25, 0.3) is 0 Å². The summed E-state index contributed by atoms with van der Waals surface area (Å²) in [5.74, 6) is 0.949. The molecule has 1 unspecified atom stereocenters. The van der Waals surface area contributed by atoms with E-state index < -0.39 is 0 Å². The van der Waals surface area contributed by atoms with E-state index in [9.17, 15) is 0 Å². The fourth-order valence-corrected chi connectivity index (χ4v) is 4.67. The molecule has 5 rings (SSSR count). The quantitative estimate of drug-likeness (QED) is 0.316. The van der Waals surface area contributed by atoms with Crippen molar-refractivity contribution in [2.75, 3.05) is 9.91 Å². The summed E-state index contributed by atoms with van der Waals surface area (Å²) >= 11 is 0. The lowest BCUT2D eigenvalue weighted by atomic mass is 9.84. The van der Waals surface area contributed by atoms with Gasteiger partial charge in [-0.05, 0) is 41.7 Å².